The molecule has 0 spiro atoms. The Morgan fingerprint density at radius 2 is 2.45 bits per heavy atom. The van der Waals surface area contributed by atoms with Crippen molar-refractivity contribution in [1.29, 1.82) is 0 Å². The molecule has 0 aromatic carbocycles. The Morgan fingerprint density at radius 3 is 3.15 bits per heavy atom. The summed E-state index contributed by atoms with van der Waals surface area (Å²) < 4.78 is 0. The van der Waals surface area contributed by atoms with Gasteiger partial charge in [-0.25, -0.2) is 0 Å². The molecule has 5 nitrogen and oxygen atoms in total. The van der Waals surface area contributed by atoms with Crippen molar-refractivity contribution >= 4 is 29.7 Å². The molecule has 0 bridgehead atoms. The summed E-state index contributed by atoms with van der Waals surface area (Å²) in [5.41, 5.74) is 7.07. The fourth-order valence-corrected chi connectivity index (χ4v) is 3.18. The first kappa shape index (κ1) is 15.0. The lowest BCUT2D eigenvalue weighted by atomic mass is 10.2. The van der Waals surface area contributed by atoms with E-state index in [1.165, 1.54) is 0 Å². The first-order valence-corrected chi connectivity index (χ1v) is 7.28. The van der Waals surface area contributed by atoms with E-state index in [1.54, 1.807) is 11.3 Å². The molecular formula is C13H17ClN4OS. The number of aromatic amines is 1. The van der Waals surface area contributed by atoms with Crippen molar-refractivity contribution in [1.82, 2.24) is 15.1 Å². The van der Waals surface area contributed by atoms with Gasteiger partial charge in [-0.3, -0.25) is 9.89 Å². The molecule has 1 unspecified atom stereocenters. The van der Waals surface area contributed by atoms with Gasteiger partial charge in [-0.2, -0.15) is 5.10 Å². The Bertz CT molecular complexity index is 569. The van der Waals surface area contributed by atoms with E-state index in [0.717, 1.165) is 30.0 Å². The van der Waals surface area contributed by atoms with E-state index in [-0.39, 0.29) is 24.4 Å². The second-order valence-corrected chi connectivity index (χ2v) is 5.62. The van der Waals surface area contributed by atoms with Crippen LogP contribution in [0.4, 0.5) is 0 Å². The smallest absolute Gasteiger partial charge is 0.274 e. The zero-order chi connectivity index (χ0) is 13.2. The molecule has 1 fully saturated rings. The molecule has 2 aromatic rings. The van der Waals surface area contributed by atoms with Gasteiger partial charge in [-0.1, -0.05) is 6.07 Å². The zero-order valence-corrected chi connectivity index (χ0v) is 12.5. The lowest BCUT2D eigenvalue weighted by Gasteiger charge is -2.22. The molecule has 0 radical (unpaired) electrons. The largest absolute Gasteiger partial charge is 0.333 e. The van der Waals surface area contributed by atoms with Crippen LogP contribution in [0.15, 0.2) is 23.6 Å². The lowest BCUT2D eigenvalue weighted by Crippen LogP contribution is -2.40. The van der Waals surface area contributed by atoms with Crippen molar-refractivity contribution in [3.63, 3.8) is 0 Å². The van der Waals surface area contributed by atoms with E-state index in [1.807, 2.05) is 28.5 Å². The Morgan fingerprint density at radius 1 is 1.60 bits per heavy atom. The molecule has 2 aromatic heterocycles. The van der Waals surface area contributed by atoms with Gasteiger partial charge in [-0.15, -0.1) is 23.7 Å². The van der Waals surface area contributed by atoms with Crippen LogP contribution in [0.2, 0.25) is 0 Å². The van der Waals surface area contributed by atoms with Crippen molar-refractivity contribution in [3.8, 4) is 10.6 Å². The Hall–Kier alpha value is -1.37. The summed E-state index contributed by atoms with van der Waals surface area (Å²) in [5, 5.41) is 9.06. The van der Waals surface area contributed by atoms with E-state index >= 15 is 0 Å². The number of carbonyl (C=O) groups excluding carboxylic acids is 1. The van der Waals surface area contributed by atoms with Gasteiger partial charge in [-0.05, 0) is 30.4 Å². The summed E-state index contributed by atoms with van der Waals surface area (Å²) >= 11 is 1.62. The first-order chi connectivity index (χ1) is 9.29. The molecule has 108 valence electrons. The predicted octanol–water partition coefficient (Wildman–Crippen LogP) is 2.12. The molecule has 3 rings (SSSR count). The van der Waals surface area contributed by atoms with Gasteiger partial charge in [0.1, 0.15) is 0 Å². The van der Waals surface area contributed by atoms with Crippen molar-refractivity contribution in [3.05, 3.63) is 29.3 Å². The van der Waals surface area contributed by atoms with Gasteiger partial charge >= 0.3 is 0 Å². The number of nitrogens with two attached hydrogens (primary N) is 1. The number of nitrogens with zero attached hydrogens (tertiary/aromatic N) is 2. The number of rotatable bonds is 3. The van der Waals surface area contributed by atoms with Crippen molar-refractivity contribution < 1.29 is 4.79 Å². The second-order valence-electron chi connectivity index (χ2n) is 4.67. The van der Waals surface area contributed by atoms with E-state index in [0.29, 0.717) is 12.2 Å². The number of halogens is 1. The summed E-state index contributed by atoms with van der Waals surface area (Å²) in [4.78, 5) is 15.3. The normalized spacial score (nSPS) is 18.1. The fraction of sp³-hybridized carbons (Fsp3) is 0.385. The average molecular weight is 313 g/mol. The highest BCUT2D eigenvalue weighted by Gasteiger charge is 2.29. The Kier molecular flexibility index (Phi) is 4.80. The average Bonchev–Trinajstić information content (AvgIpc) is 3.16. The minimum atomic E-state index is -0.0213. The molecule has 1 aliphatic heterocycles. The molecule has 0 aliphatic carbocycles. The molecular weight excluding hydrogens is 296 g/mol. The third-order valence-electron chi connectivity index (χ3n) is 3.49. The van der Waals surface area contributed by atoms with Crippen LogP contribution in [-0.4, -0.2) is 40.1 Å². The molecule has 1 aliphatic rings. The number of carbonyl (C=O) groups is 1. The molecule has 1 atom stereocenters. The minimum absolute atomic E-state index is 0. The quantitative estimate of drug-likeness (QED) is 0.911. The molecule has 1 saturated heterocycles. The number of H-pyrrole nitrogens is 1. The monoisotopic (exact) mass is 312 g/mol. The van der Waals surface area contributed by atoms with Crippen LogP contribution in [0.5, 0.6) is 0 Å². The molecule has 3 N–H and O–H groups in total. The van der Waals surface area contributed by atoms with Crippen LogP contribution in [0.3, 0.4) is 0 Å². The number of nitrogens with one attached hydrogen (secondary N) is 1. The maximum absolute atomic E-state index is 12.4. The van der Waals surface area contributed by atoms with Crippen LogP contribution >= 0.6 is 23.7 Å². The van der Waals surface area contributed by atoms with Crippen LogP contribution in [-0.2, 0) is 0 Å². The highest BCUT2D eigenvalue weighted by Crippen LogP contribution is 2.24. The van der Waals surface area contributed by atoms with Gasteiger partial charge in [0.2, 0.25) is 0 Å². The third kappa shape index (κ3) is 2.72. The summed E-state index contributed by atoms with van der Waals surface area (Å²) in [6.07, 6.45) is 2.01. The molecule has 7 heteroatoms. The predicted molar refractivity (Wildman–Crippen MR) is 82.3 cm³/mol. The van der Waals surface area contributed by atoms with E-state index < -0.39 is 0 Å². The van der Waals surface area contributed by atoms with Gasteiger partial charge in [0, 0.05) is 19.1 Å². The first-order valence-electron chi connectivity index (χ1n) is 6.40. The van der Waals surface area contributed by atoms with Gasteiger partial charge in [0.15, 0.2) is 5.69 Å². The highest BCUT2D eigenvalue weighted by atomic mass is 35.5. The van der Waals surface area contributed by atoms with E-state index in [4.69, 9.17) is 5.73 Å². The minimum Gasteiger partial charge on any atom is -0.333 e. The number of thiophene rings is 1. The summed E-state index contributed by atoms with van der Waals surface area (Å²) in [6, 6.07) is 5.97. The highest BCUT2D eigenvalue weighted by molar-refractivity contribution is 7.13. The fourth-order valence-electron chi connectivity index (χ4n) is 2.48. The summed E-state index contributed by atoms with van der Waals surface area (Å²) in [7, 11) is 0. The van der Waals surface area contributed by atoms with Crippen molar-refractivity contribution in [2.45, 2.75) is 18.9 Å². The van der Waals surface area contributed by atoms with Crippen LogP contribution in [0, 0.1) is 0 Å². The summed E-state index contributed by atoms with van der Waals surface area (Å²) in [5.74, 6) is -0.0213. The number of aromatic nitrogens is 2. The van der Waals surface area contributed by atoms with Gasteiger partial charge in [0.25, 0.3) is 5.91 Å². The van der Waals surface area contributed by atoms with Crippen LogP contribution < -0.4 is 5.73 Å². The van der Waals surface area contributed by atoms with Crippen molar-refractivity contribution in [2.75, 3.05) is 13.1 Å². The topological polar surface area (TPSA) is 75.0 Å². The van der Waals surface area contributed by atoms with Crippen LogP contribution in [0.1, 0.15) is 23.3 Å². The maximum atomic E-state index is 12.4. The molecule has 3 heterocycles. The number of hydrogen-bond donors (Lipinski definition) is 2. The Balaban J connectivity index is 0.00000147. The van der Waals surface area contributed by atoms with Gasteiger partial charge in [0.05, 0.1) is 10.6 Å². The zero-order valence-electron chi connectivity index (χ0n) is 10.9. The second kappa shape index (κ2) is 6.39. The van der Waals surface area contributed by atoms with Crippen molar-refractivity contribution in [2.24, 2.45) is 5.73 Å². The molecule has 0 saturated carbocycles. The number of amides is 1. The van der Waals surface area contributed by atoms with Gasteiger partial charge < -0.3 is 10.6 Å². The standard InChI is InChI=1S/C13H16N4OS.ClH/c14-8-9-3-1-5-17(9)13(18)11-7-10(15-16-11)12-4-2-6-19-12;/h2,4,6-7,9H,1,3,5,8,14H2,(H,15,16);1H. The molecule has 1 amide bonds. The third-order valence-corrected chi connectivity index (χ3v) is 4.40. The summed E-state index contributed by atoms with van der Waals surface area (Å²) in [6.45, 7) is 1.30. The van der Waals surface area contributed by atoms with E-state index in [9.17, 15) is 4.79 Å². The number of hydrogen-bond acceptors (Lipinski definition) is 4. The lowest BCUT2D eigenvalue weighted by molar-refractivity contribution is 0.0735. The van der Waals surface area contributed by atoms with E-state index in [2.05, 4.69) is 10.2 Å². The maximum Gasteiger partial charge on any atom is 0.274 e. The Labute approximate surface area is 127 Å². The SMILES string of the molecule is Cl.NCC1CCCN1C(=O)c1cc(-c2cccs2)[nH]n1. The number of likely N-dealkylation sites (tertiary alicyclic amines) is 1. The molecule has 20 heavy (non-hydrogen) atoms. The van der Waals surface area contributed by atoms with Crippen LogP contribution in [0.25, 0.3) is 10.6 Å².